The number of aryl methyl sites for hydroxylation is 2. The molecule has 0 saturated heterocycles. The molecular formula is C18H16N2. The molecule has 1 heterocycles. The summed E-state index contributed by atoms with van der Waals surface area (Å²) in [6.45, 7) is 4.10. The van der Waals surface area contributed by atoms with Gasteiger partial charge in [0.15, 0.2) is 0 Å². The smallest absolute Gasteiger partial charge is 0.0684 e. The van der Waals surface area contributed by atoms with Gasteiger partial charge in [0, 0.05) is 11.1 Å². The van der Waals surface area contributed by atoms with Crippen LogP contribution in [0.1, 0.15) is 11.3 Å². The minimum atomic E-state index is 0.953. The van der Waals surface area contributed by atoms with Crippen LogP contribution in [0.3, 0.4) is 0 Å². The first-order valence-electron chi connectivity index (χ1n) is 6.70. The lowest BCUT2D eigenvalue weighted by atomic mass is 9.95. The Morgan fingerprint density at radius 2 is 1.45 bits per heavy atom. The molecule has 2 nitrogen and oxygen atoms in total. The summed E-state index contributed by atoms with van der Waals surface area (Å²) < 4.78 is 0. The van der Waals surface area contributed by atoms with Crippen LogP contribution in [0.4, 0.5) is 0 Å². The molecule has 0 saturated carbocycles. The molecule has 3 aromatic rings. The summed E-state index contributed by atoms with van der Waals surface area (Å²) in [6.07, 6.45) is 1.85. The van der Waals surface area contributed by atoms with Gasteiger partial charge >= 0.3 is 0 Å². The van der Waals surface area contributed by atoms with Gasteiger partial charge in [0.2, 0.25) is 0 Å². The second-order valence-corrected chi connectivity index (χ2v) is 4.95. The normalized spacial score (nSPS) is 10.5. The highest BCUT2D eigenvalue weighted by molar-refractivity contribution is 5.84. The van der Waals surface area contributed by atoms with Crippen LogP contribution < -0.4 is 0 Å². The third-order valence-corrected chi connectivity index (χ3v) is 3.45. The van der Waals surface area contributed by atoms with Crippen molar-refractivity contribution in [1.29, 1.82) is 0 Å². The van der Waals surface area contributed by atoms with Crippen LogP contribution in [0.15, 0.2) is 60.8 Å². The quantitative estimate of drug-likeness (QED) is 0.681. The van der Waals surface area contributed by atoms with Crippen molar-refractivity contribution < 1.29 is 0 Å². The van der Waals surface area contributed by atoms with Crippen molar-refractivity contribution in [3.05, 3.63) is 72.1 Å². The Bertz CT molecular complexity index is 716. The molecule has 1 aromatic heterocycles. The highest BCUT2D eigenvalue weighted by atomic mass is 15.1. The zero-order valence-corrected chi connectivity index (χ0v) is 11.7. The second kappa shape index (κ2) is 5.25. The molecule has 0 spiro atoms. The summed E-state index contributed by atoms with van der Waals surface area (Å²) in [6, 6.07) is 18.9. The molecule has 3 rings (SSSR count). The van der Waals surface area contributed by atoms with Gasteiger partial charge < -0.3 is 0 Å². The molecule has 2 heteroatoms. The van der Waals surface area contributed by atoms with Crippen molar-refractivity contribution in [1.82, 2.24) is 10.2 Å². The van der Waals surface area contributed by atoms with Gasteiger partial charge in [-0.3, -0.25) is 0 Å². The van der Waals surface area contributed by atoms with Gasteiger partial charge in [0.05, 0.1) is 11.9 Å². The Balaban J connectivity index is 2.22. The van der Waals surface area contributed by atoms with E-state index in [0.717, 1.165) is 16.8 Å². The molecule has 0 fully saturated rings. The Morgan fingerprint density at radius 3 is 2.15 bits per heavy atom. The van der Waals surface area contributed by atoms with Crippen LogP contribution >= 0.6 is 0 Å². The molecule has 98 valence electrons. The zero-order chi connectivity index (χ0) is 13.9. The summed E-state index contributed by atoms with van der Waals surface area (Å²) in [4.78, 5) is 0. The molecule has 0 bridgehead atoms. The minimum absolute atomic E-state index is 0.953. The third kappa shape index (κ3) is 2.32. The summed E-state index contributed by atoms with van der Waals surface area (Å²) in [5, 5.41) is 8.33. The van der Waals surface area contributed by atoms with E-state index in [1.165, 1.54) is 16.7 Å². The number of hydrogen-bond acceptors (Lipinski definition) is 2. The number of aromatic nitrogens is 2. The van der Waals surface area contributed by atoms with Gasteiger partial charge in [0.25, 0.3) is 0 Å². The van der Waals surface area contributed by atoms with E-state index in [4.69, 9.17) is 0 Å². The molecule has 0 radical (unpaired) electrons. The molecule has 0 N–H and O–H groups in total. The highest BCUT2D eigenvalue weighted by Crippen LogP contribution is 2.32. The monoisotopic (exact) mass is 260 g/mol. The van der Waals surface area contributed by atoms with Gasteiger partial charge in [-0.15, -0.1) is 0 Å². The summed E-state index contributed by atoms with van der Waals surface area (Å²) >= 11 is 0. The average molecular weight is 260 g/mol. The maximum atomic E-state index is 4.21. The van der Waals surface area contributed by atoms with Crippen LogP contribution in [0.5, 0.6) is 0 Å². The molecule has 20 heavy (non-hydrogen) atoms. The van der Waals surface area contributed by atoms with E-state index in [0.29, 0.717) is 0 Å². The van der Waals surface area contributed by atoms with E-state index in [2.05, 4.69) is 53.5 Å². The van der Waals surface area contributed by atoms with Crippen molar-refractivity contribution >= 4 is 0 Å². The summed E-state index contributed by atoms with van der Waals surface area (Å²) in [5.41, 5.74) is 6.85. The second-order valence-electron chi connectivity index (χ2n) is 4.95. The standard InChI is InChI=1S/C18H16N2/c1-13-8-10-15(11-9-13)17-12-19-20-14(2)18(17)16-6-4-3-5-7-16/h3-12H,1-2H3. The SMILES string of the molecule is Cc1ccc(-c2cnnc(C)c2-c2ccccc2)cc1. The fraction of sp³-hybridized carbons (Fsp3) is 0.111. The van der Waals surface area contributed by atoms with Crippen molar-refractivity contribution in [3.63, 3.8) is 0 Å². The van der Waals surface area contributed by atoms with Crippen molar-refractivity contribution in [3.8, 4) is 22.3 Å². The van der Waals surface area contributed by atoms with Crippen molar-refractivity contribution in [2.45, 2.75) is 13.8 Å². The maximum Gasteiger partial charge on any atom is 0.0684 e. The molecular weight excluding hydrogens is 244 g/mol. The number of hydrogen-bond donors (Lipinski definition) is 0. The lowest BCUT2D eigenvalue weighted by Gasteiger charge is -2.11. The topological polar surface area (TPSA) is 25.8 Å². The Morgan fingerprint density at radius 1 is 0.750 bits per heavy atom. The van der Waals surface area contributed by atoms with E-state index >= 15 is 0 Å². The fourth-order valence-electron chi connectivity index (χ4n) is 2.40. The van der Waals surface area contributed by atoms with Gasteiger partial charge in [0.1, 0.15) is 0 Å². The Kier molecular flexibility index (Phi) is 3.30. The number of rotatable bonds is 2. The first-order valence-corrected chi connectivity index (χ1v) is 6.70. The fourth-order valence-corrected chi connectivity index (χ4v) is 2.40. The summed E-state index contributed by atoms with van der Waals surface area (Å²) in [5.74, 6) is 0. The third-order valence-electron chi connectivity index (χ3n) is 3.45. The average Bonchev–Trinajstić information content (AvgIpc) is 2.49. The van der Waals surface area contributed by atoms with E-state index in [1.807, 2.05) is 31.3 Å². The summed E-state index contributed by atoms with van der Waals surface area (Å²) in [7, 11) is 0. The van der Waals surface area contributed by atoms with Crippen LogP contribution in [0.25, 0.3) is 22.3 Å². The van der Waals surface area contributed by atoms with E-state index in [-0.39, 0.29) is 0 Å². The van der Waals surface area contributed by atoms with Crippen LogP contribution in [0.2, 0.25) is 0 Å². The van der Waals surface area contributed by atoms with Crippen LogP contribution in [-0.2, 0) is 0 Å². The van der Waals surface area contributed by atoms with Gasteiger partial charge in [-0.05, 0) is 25.0 Å². The number of nitrogens with zero attached hydrogens (tertiary/aromatic N) is 2. The van der Waals surface area contributed by atoms with E-state index < -0.39 is 0 Å². The van der Waals surface area contributed by atoms with Crippen molar-refractivity contribution in [2.75, 3.05) is 0 Å². The molecule has 0 aliphatic heterocycles. The largest absolute Gasteiger partial charge is 0.158 e. The van der Waals surface area contributed by atoms with Crippen LogP contribution in [0, 0.1) is 13.8 Å². The molecule has 0 atom stereocenters. The van der Waals surface area contributed by atoms with E-state index in [1.54, 1.807) is 0 Å². The van der Waals surface area contributed by atoms with Gasteiger partial charge in [-0.1, -0.05) is 60.2 Å². The van der Waals surface area contributed by atoms with Gasteiger partial charge in [-0.25, -0.2) is 0 Å². The van der Waals surface area contributed by atoms with Gasteiger partial charge in [-0.2, -0.15) is 10.2 Å². The predicted octanol–water partition coefficient (Wildman–Crippen LogP) is 4.43. The Labute approximate surface area is 119 Å². The predicted molar refractivity (Wildman–Crippen MR) is 82.4 cm³/mol. The van der Waals surface area contributed by atoms with Crippen molar-refractivity contribution in [2.24, 2.45) is 0 Å². The molecule has 0 aliphatic rings. The molecule has 0 amide bonds. The molecule has 0 unspecified atom stereocenters. The number of benzene rings is 2. The minimum Gasteiger partial charge on any atom is -0.158 e. The molecule has 2 aromatic carbocycles. The lowest BCUT2D eigenvalue weighted by molar-refractivity contribution is 0.985. The first kappa shape index (κ1) is 12.5. The maximum absolute atomic E-state index is 4.21. The van der Waals surface area contributed by atoms with Crippen LogP contribution in [-0.4, -0.2) is 10.2 Å². The Hall–Kier alpha value is -2.48. The highest BCUT2D eigenvalue weighted by Gasteiger charge is 2.11. The molecule has 0 aliphatic carbocycles. The lowest BCUT2D eigenvalue weighted by Crippen LogP contribution is -1.95. The van der Waals surface area contributed by atoms with E-state index in [9.17, 15) is 0 Å². The zero-order valence-electron chi connectivity index (χ0n) is 11.7. The first-order chi connectivity index (χ1) is 9.75.